The third-order valence-electron chi connectivity index (χ3n) is 2.78. The van der Waals surface area contributed by atoms with Crippen LogP contribution in [0.25, 0.3) is 0 Å². The molecule has 0 amide bonds. The van der Waals surface area contributed by atoms with Gasteiger partial charge < -0.3 is 20.3 Å². The average Bonchev–Trinajstić information content (AvgIpc) is 2.35. The number of aliphatic carboxylic acids is 1. The maximum atomic E-state index is 12.4. The molecular formula is C15H21NO5. The summed E-state index contributed by atoms with van der Waals surface area (Å²) in [7, 11) is 1.43. The van der Waals surface area contributed by atoms with Gasteiger partial charge in [0.25, 0.3) is 0 Å². The van der Waals surface area contributed by atoms with E-state index >= 15 is 0 Å². The first-order chi connectivity index (χ1) is 9.60. The van der Waals surface area contributed by atoms with Crippen molar-refractivity contribution in [3.05, 3.63) is 29.8 Å². The van der Waals surface area contributed by atoms with Gasteiger partial charge in [-0.05, 0) is 26.8 Å². The largest absolute Gasteiger partial charge is 0.496 e. The van der Waals surface area contributed by atoms with Crippen molar-refractivity contribution in [1.82, 2.24) is 0 Å². The second-order valence-electron chi connectivity index (χ2n) is 5.74. The Morgan fingerprint density at radius 3 is 2.29 bits per heavy atom. The molecule has 0 aliphatic heterocycles. The van der Waals surface area contributed by atoms with Crippen molar-refractivity contribution in [1.29, 1.82) is 0 Å². The molecule has 1 rings (SSSR count). The fourth-order valence-electron chi connectivity index (χ4n) is 1.90. The van der Waals surface area contributed by atoms with E-state index in [2.05, 4.69) is 0 Å². The van der Waals surface area contributed by atoms with Gasteiger partial charge in [-0.25, -0.2) is 4.79 Å². The molecule has 1 aromatic rings. The third kappa shape index (κ3) is 4.19. The highest BCUT2D eigenvalue weighted by Gasteiger charge is 2.43. The number of benzene rings is 1. The number of carboxylic acids is 1. The standard InChI is InChI=1S/C15H21NO5/c1-14(2,3)21-13(19)15(16,9-12(17)18)10-7-5-6-8-11(10)20-4/h5-8H,9,16H2,1-4H3,(H,17,18)/t15-/m1/s1. The molecule has 0 saturated carbocycles. The van der Waals surface area contributed by atoms with Crippen molar-refractivity contribution in [3.8, 4) is 5.75 Å². The lowest BCUT2D eigenvalue weighted by atomic mass is 9.86. The number of hydrogen-bond donors (Lipinski definition) is 2. The number of hydrogen-bond acceptors (Lipinski definition) is 5. The Morgan fingerprint density at radius 1 is 1.24 bits per heavy atom. The Kier molecular flexibility index (Phi) is 4.96. The van der Waals surface area contributed by atoms with Crippen molar-refractivity contribution in [2.24, 2.45) is 5.73 Å². The van der Waals surface area contributed by atoms with Crippen LogP contribution in [0.5, 0.6) is 5.75 Å². The minimum Gasteiger partial charge on any atom is -0.496 e. The summed E-state index contributed by atoms with van der Waals surface area (Å²) in [5.41, 5.74) is 3.80. The number of ether oxygens (including phenoxy) is 2. The third-order valence-corrected chi connectivity index (χ3v) is 2.78. The molecule has 6 heteroatoms. The molecule has 1 aromatic carbocycles. The molecule has 1 atom stereocenters. The molecule has 6 nitrogen and oxygen atoms in total. The van der Waals surface area contributed by atoms with E-state index in [9.17, 15) is 9.59 Å². The first-order valence-electron chi connectivity index (χ1n) is 6.48. The summed E-state index contributed by atoms with van der Waals surface area (Å²) in [5.74, 6) is -1.66. The fourth-order valence-corrected chi connectivity index (χ4v) is 1.90. The summed E-state index contributed by atoms with van der Waals surface area (Å²) in [4.78, 5) is 23.5. The van der Waals surface area contributed by atoms with Crippen LogP contribution in [-0.4, -0.2) is 29.8 Å². The monoisotopic (exact) mass is 295 g/mol. The quantitative estimate of drug-likeness (QED) is 0.802. The summed E-state index contributed by atoms with van der Waals surface area (Å²) in [6, 6.07) is 6.54. The van der Waals surface area contributed by atoms with Crippen LogP contribution in [0.4, 0.5) is 0 Å². The number of rotatable bonds is 5. The van der Waals surface area contributed by atoms with Gasteiger partial charge in [-0.3, -0.25) is 4.79 Å². The van der Waals surface area contributed by atoms with Crippen molar-refractivity contribution in [2.75, 3.05) is 7.11 Å². The van der Waals surface area contributed by atoms with Gasteiger partial charge in [0.15, 0.2) is 5.54 Å². The lowest BCUT2D eigenvalue weighted by Crippen LogP contribution is -2.50. The van der Waals surface area contributed by atoms with Crippen molar-refractivity contribution in [2.45, 2.75) is 38.3 Å². The number of carbonyl (C=O) groups is 2. The summed E-state index contributed by atoms with van der Waals surface area (Å²) in [6.45, 7) is 5.07. The molecule has 0 fully saturated rings. The average molecular weight is 295 g/mol. The highest BCUT2D eigenvalue weighted by molar-refractivity contribution is 5.88. The Hall–Kier alpha value is -2.08. The second kappa shape index (κ2) is 6.13. The molecule has 0 aliphatic carbocycles. The zero-order chi connectivity index (χ0) is 16.3. The highest BCUT2D eigenvalue weighted by Crippen LogP contribution is 2.33. The molecule has 0 heterocycles. The Labute approximate surface area is 123 Å². The van der Waals surface area contributed by atoms with Crippen LogP contribution in [-0.2, 0) is 19.9 Å². The van der Waals surface area contributed by atoms with E-state index in [-0.39, 0.29) is 5.56 Å². The SMILES string of the molecule is COc1ccccc1[C@](N)(CC(=O)O)C(=O)OC(C)(C)C. The topological polar surface area (TPSA) is 98.9 Å². The molecule has 0 radical (unpaired) electrons. The zero-order valence-corrected chi connectivity index (χ0v) is 12.7. The molecule has 0 saturated heterocycles. The van der Waals surface area contributed by atoms with Crippen LogP contribution < -0.4 is 10.5 Å². The van der Waals surface area contributed by atoms with Gasteiger partial charge in [0.1, 0.15) is 11.4 Å². The lowest BCUT2D eigenvalue weighted by Gasteiger charge is -2.31. The van der Waals surface area contributed by atoms with Crippen molar-refractivity contribution in [3.63, 3.8) is 0 Å². The van der Waals surface area contributed by atoms with E-state index in [1.165, 1.54) is 7.11 Å². The molecule has 116 valence electrons. The Balaban J connectivity index is 3.32. The summed E-state index contributed by atoms with van der Waals surface area (Å²) in [6.07, 6.45) is -0.595. The number of esters is 1. The molecule has 0 aromatic heterocycles. The fraction of sp³-hybridized carbons (Fsp3) is 0.467. The van der Waals surface area contributed by atoms with Gasteiger partial charge >= 0.3 is 11.9 Å². The van der Waals surface area contributed by atoms with Crippen LogP contribution in [0.15, 0.2) is 24.3 Å². The maximum absolute atomic E-state index is 12.4. The molecule has 0 unspecified atom stereocenters. The summed E-state index contributed by atoms with van der Waals surface area (Å²) >= 11 is 0. The Morgan fingerprint density at radius 2 is 1.81 bits per heavy atom. The van der Waals surface area contributed by atoms with Crippen LogP contribution in [0.2, 0.25) is 0 Å². The van der Waals surface area contributed by atoms with Gasteiger partial charge in [-0.1, -0.05) is 18.2 Å². The molecular weight excluding hydrogens is 274 g/mol. The minimum atomic E-state index is -1.81. The van der Waals surface area contributed by atoms with Gasteiger partial charge in [-0.2, -0.15) is 0 Å². The van der Waals surface area contributed by atoms with E-state index in [1.54, 1.807) is 45.0 Å². The van der Waals surface area contributed by atoms with E-state index < -0.39 is 29.5 Å². The normalized spacial score (nSPS) is 14.1. The van der Waals surface area contributed by atoms with Gasteiger partial charge in [-0.15, -0.1) is 0 Å². The lowest BCUT2D eigenvalue weighted by molar-refractivity contribution is -0.165. The van der Waals surface area contributed by atoms with E-state index in [0.29, 0.717) is 5.75 Å². The van der Waals surface area contributed by atoms with Gasteiger partial charge in [0.05, 0.1) is 13.5 Å². The first-order valence-corrected chi connectivity index (χ1v) is 6.48. The van der Waals surface area contributed by atoms with Crippen LogP contribution in [0, 0.1) is 0 Å². The molecule has 0 spiro atoms. The van der Waals surface area contributed by atoms with Gasteiger partial charge in [0.2, 0.25) is 0 Å². The predicted molar refractivity (Wildman–Crippen MR) is 77.0 cm³/mol. The zero-order valence-electron chi connectivity index (χ0n) is 12.7. The number of nitrogens with two attached hydrogens (primary N) is 1. The maximum Gasteiger partial charge on any atom is 0.332 e. The van der Waals surface area contributed by atoms with Crippen LogP contribution in [0.1, 0.15) is 32.8 Å². The molecule has 21 heavy (non-hydrogen) atoms. The van der Waals surface area contributed by atoms with Crippen LogP contribution in [0.3, 0.4) is 0 Å². The summed E-state index contributed by atoms with van der Waals surface area (Å²) < 4.78 is 10.4. The van der Waals surface area contributed by atoms with E-state index in [1.807, 2.05) is 0 Å². The summed E-state index contributed by atoms with van der Waals surface area (Å²) in [5, 5.41) is 9.09. The molecule has 0 aliphatic rings. The smallest absolute Gasteiger partial charge is 0.332 e. The number of carboxylic acid groups (broad SMARTS) is 1. The number of carbonyl (C=O) groups excluding carboxylic acids is 1. The van der Waals surface area contributed by atoms with E-state index in [0.717, 1.165) is 0 Å². The minimum absolute atomic E-state index is 0.282. The number of para-hydroxylation sites is 1. The predicted octanol–water partition coefficient (Wildman–Crippen LogP) is 1.67. The number of methoxy groups -OCH3 is 1. The molecule has 3 N–H and O–H groups in total. The van der Waals surface area contributed by atoms with Crippen molar-refractivity contribution >= 4 is 11.9 Å². The van der Waals surface area contributed by atoms with Crippen molar-refractivity contribution < 1.29 is 24.2 Å². The highest BCUT2D eigenvalue weighted by atomic mass is 16.6. The second-order valence-corrected chi connectivity index (χ2v) is 5.74. The first kappa shape index (κ1) is 17.0. The van der Waals surface area contributed by atoms with Gasteiger partial charge in [0, 0.05) is 5.56 Å². The molecule has 0 bridgehead atoms. The van der Waals surface area contributed by atoms with Crippen LogP contribution >= 0.6 is 0 Å². The Bertz CT molecular complexity index is 535. The van der Waals surface area contributed by atoms with E-state index in [4.69, 9.17) is 20.3 Å².